The molecular weight excluding hydrogens is 134 g/mol. The number of carbonyl (C=O) groups excluding carboxylic acids is 2. The monoisotopic (exact) mass is 143 g/mol. The van der Waals surface area contributed by atoms with E-state index in [-0.39, 0.29) is 6.03 Å². The van der Waals surface area contributed by atoms with Crippen molar-refractivity contribution < 1.29 is 9.59 Å². The fraction of sp³-hybridized carbons (Fsp3) is 0.400. The molecule has 0 aromatic rings. The van der Waals surface area contributed by atoms with Crippen molar-refractivity contribution in [2.45, 2.75) is 6.92 Å². The molecule has 0 bridgehead atoms. The lowest BCUT2D eigenvalue weighted by Crippen LogP contribution is -2.34. The SMILES string of the molecule is CCNC(=O)NC=NC=O. The van der Waals surface area contributed by atoms with Gasteiger partial charge in [0.1, 0.15) is 0 Å². The first-order chi connectivity index (χ1) is 4.81. The molecule has 3 amide bonds. The van der Waals surface area contributed by atoms with E-state index in [1.165, 1.54) is 0 Å². The van der Waals surface area contributed by atoms with Gasteiger partial charge in [-0.25, -0.2) is 9.79 Å². The number of amides is 3. The topological polar surface area (TPSA) is 70.6 Å². The second-order valence-corrected chi connectivity index (χ2v) is 1.39. The molecule has 10 heavy (non-hydrogen) atoms. The predicted octanol–water partition coefficient (Wildman–Crippen LogP) is -0.510. The second-order valence-electron chi connectivity index (χ2n) is 1.39. The molecule has 0 atom stereocenters. The van der Waals surface area contributed by atoms with E-state index < -0.39 is 0 Å². The number of nitrogens with zero attached hydrogens (tertiary/aromatic N) is 1. The molecule has 0 spiro atoms. The van der Waals surface area contributed by atoms with Crippen LogP contribution in [0.5, 0.6) is 0 Å². The van der Waals surface area contributed by atoms with E-state index in [1.807, 2.05) is 0 Å². The molecule has 0 aliphatic rings. The van der Waals surface area contributed by atoms with Crippen molar-refractivity contribution >= 4 is 18.8 Å². The average Bonchev–Trinajstić information content (AvgIpc) is 1.89. The van der Waals surface area contributed by atoms with Crippen molar-refractivity contribution in [2.75, 3.05) is 6.54 Å². The van der Waals surface area contributed by atoms with Crippen LogP contribution in [0, 0.1) is 0 Å². The minimum atomic E-state index is -0.367. The highest BCUT2D eigenvalue weighted by Crippen LogP contribution is 1.59. The van der Waals surface area contributed by atoms with Gasteiger partial charge in [0.15, 0.2) is 0 Å². The molecule has 0 aliphatic carbocycles. The number of hydrogen-bond acceptors (Lipinski definition) is 2. The molecule has 0 rings (SSSR count). The molecule has 0 saturated heterocycles. The molecule has 0 heterocycles. The van der Waals surface area contributed by atoms with Gasteiger partial charge < -0.3 is 5.32 Å². The Morgan fingerprint density at radius 2 is 2.40 bits per heavy atom. The Kier molecular flexibility index (Phi) is 4.94. The van der Waals surface area contributed by atoms with Crippen molar-refractivity contribution in [2.24, 2.45) is 4.99 Å². The summed E-state index contributed by atoms with van der Waals surface area (Å²) >= 11 is 0. The van der Waals surface area contributed by atoms with Gasteiger partial charge in [-0.1, -0.05) is 0 Å². The zero-order valence-electron chi connectivity index (χ0n) is 5.63. The zero-order valence-corrected chi connectivity index (χ0v) is 5.63. The van der Waals surface area contributed by atoms with Crippen LogP contribution >= 0.6 is 0 Å². The Morgan fingerprint density at radius 1 is 1.70 bits per heavy atom. The van der Waals surface area contributed by atoms with Crippen molar-refractivity contribution in [3.63, 3.8) is 0 Å². The number of aliphatic imine (C=N–C) groups is 1. The molecule has 2 N–H and O–H groups in total. The Labute approximate surface area is 58.5 Å². The van der Waals surface area contributed by atoms with Crippen molar-refractivity contribution in [3.05, 3.63) is 0 Å². The van der Waals surface area contributed by atoms with E-state index in [2.05, 4.69) is 15.6 Å². The number of rotatable bonds is 3. The van der Waals surface area contributed by atoms with E-state index in [0.717, 1.165) is 6.34 Å². The van der Waals surface area contributed by atoms with Crippen molar-refractivity contribution in [3.8, 4) is 0 Å². The maximum Gasteiger partial charge on any atom is 0.319 e. The molecule has 0 fully saturated rings. The molecule has 56 valence electrons. The Balaban J connectivity index is 3.38. The quantitative estimate of drug-likeness (QED) is 0.317. The molecule has 5 heteroatoms. The summed E-state index contributed by atoms with van der Waals surface area (Å²) in [7, 11) is 0. The zero-order chi connectivity index (χ0) is 7.82. The first-order valence-electron chi connectivity index (χ1n) is 2.81. The normalized spacial score (nSPS) is 9.30. The first-order valence-corrected chi connectivity index (χ1v) is 2.81. The van der Waals surface area contributed by atoms with Crippen LogP contribution in [0.15, 0.2) is 4.99 Å². The summed E-state index contributed by atoms with van der Waals surface area (Å²) in [4.78, 5) is 23.2. The van der Waals surface area contributed by atoms with Gasteiger partial charge in [-0.2, -0.15) is 0 Å². The summed E-state index contributed by atoms with van der Waals surface area (Å²) in [5.74, 6) is 0. The largest absolute Gasteiger partial charge is 0.338 e. The Bertz CT molecular complexity index is 144. The lowest BCUT2D eigenvalue weighted by molar-refractivity contribution is -0.106. The van der Waals surface area contributed by atoms with Crippen molar-refractivity contribution in [1.82, 2.24) is 10.6 Å². The molecule has 0 aromatic carbocycles. The van der Waals surface area contributed by atoms with Gasteiger partial charge in [0.25, 0.3) is 0 Å². The highest BCUT2D eigenvalue weighted by molar-refractivity contribution is 5.87. The minimum Gasteiger partial charge on any atom is -0.338 e. The van der Waals surface area contributed by atoms with E-state index in [4.69, 9.17) is 0 Å². The molecule has 0 aliphatic heterocycles. The van der Waals surface area contributed by atoms with Crippen LogP contribution in [0.2, 0.25) is 0 Å². The fourth-order valence-electron chi connectivity index (χ4n) is 0.338. The van der Waals surface area contributed by atoms with Gasteiger partial charge in [0.2, 0.25) is 6.41 Å². The molecular formula is C5H9N3O2. The number of nitrogens with one attached hydrogen (secondary N) is 2. The molecule has 0 saturated carbocycles. The van der Waals surface area contributed by atoms with Gasteiger partial charge in [-0.3, -0.25) is 10.1 Å². The summed E-state index contributed by atoms with van der Waals surface area (Å²) in [6.07, 6.45) is 1.37. The third kappa shape index (κ3) is 4.76. The molecule has 0 unspecified atom stereocenters. The van der Waals surface area contributed by atoms with Crippen LogP contribution in [0.4, 0.5) is 4.79 Å². The number of urea groups is 1. The van der Waals surface area contributed by atoms with Crippen LogP contribution in [-0.4, -0.2) is 25.3 Å². The van der Waals surface area contributed by atoms with E-state index in [9.17, 15) is 9.59 Å². The Hall–Kier alpha value is -1.39. The van der Waals surface area contributed by atoms with E-state index in [0.29, 0.717) is 13.0 Å². The Morgan fingerprint density at radius 3 is 2.90 bits per heavy atom. The van der Waals surface area contributed by atoms with Gasteiger partial charge in [-0.05, 0) is 6.92 Å². The van der Waals surface area contributed by atoms with Gasteiger partial charge in [0, 0.05) is 6.54 Å². The van der Waals surface area contributed by atoms with E-state index in [1.54, 1.807) is 6.92 Å². The van der Waals surface area contributed by atoms with Crippen molar-refractivity contribution in [1.29, 1.82) is 0 Å². The maximum atomic E-state index is 10.5. The van der Waals surface area contributed by atoms with Crippen LogP contribution < -0.4 is 10.6 Å². The summed E-state index contributed by atoms with van der Waals surface area (Å²) in [5, 5.41) is 4.66. The predicted molar refractivity (Wildman–Crippen MR) is 36.8 cm³/mol. The molecule has 5 nitrogen and oxygen atoms in total. The van der Waals surface area contributed by atoms with Gasteiger partial charge >= 0.3 is 6.03 Å². The third-order valence-corrected chi connectivity index (χ3v) is 0.668. The third-order valence-electron chi connectivity index (χ3n) is 0.668. The smallest absolute Gasteiger partial charge is 0.319 e. The molecule has 0 aromatic heterocycles. The molecule has 0 radical (unpaired) electrons. The van der Waals surface area contributed by atoms with Gasteiger partial charge in [-0.15, -0.1) is 0 Å². The average molecular weight is 143 g/mol. The van der Waals surface area contributed by atoms with Crippen LogP contribution in [0.3, 0.4) is 0 Å². The summed E-state index contributed by atoms with van der Waals surface area (Å²) in [5.41, 5.74) is 0. The summed E-state index contributed by atoms with van der Waals surface area (Å²) in [6, 6.07) is -0.367. The number of carbonyl (C=O) groups is 2. The standard InChI is InChI=1S/C5H9N3O2/c1-2-7-5(10)8-3-6-4-9/h3-4H,2H2,1H3,(H2,6,7,8,9,10). The van der Waals surface area contributed by atoms with E-state index >= 15 is 0 Å². The highest BCUT2D eigenvalue weighted by atomic mass is 16.2. The van der Waals surface area contributed by atoms with Crippen LogP contribution in [-0.2, 0) is 4.79 Å². The maximum absolute atomic E-state index is 10.5. The van der Waals surface area contributed by atoms with Crippen LogP contribution in [0.1, 0.15) is 6.92 Å². The lowest BCUT2D eigenvalue weighted by Gasteiger charge is -1.97. The van der Waals surface area contributed by atoms with Gasteiger partial charge in [0.05, 0.1) is 6.34 Å². The summed E-state index contributed by atoms with van der Waals surface area (Å²) in [6.45, 7) is 2.33. The fourth-order valence-corrected chi connectivity index (χ4v) is 0.338. The summed E-state index contributed by atoms with van der Waals surface area (Å²) < 4.78 is 0. The highest BCUT2D eigenvalue weighted by Gasteiger charge is 1.90. The second kappa shape index (κ2) is 5.74. The first kappa shape index (κ1) is 8.61. The number of hydrogen-bond donors (Lipinski definition) is 2. The minimum absolute atomic E-state index is 0.340. The van der Waals surface area contributed by atoms with Crippen LogP contribution in [0.25, 0.3) is 0 Å². The lowest BCUT2D eigenvalue weighted by atomic mass is 10.7.